The normalized spacial score (nSPS) is 25.2. The molecule has 0 spiro atoms. The third-order valence-corrected chi connectivity index (χ3v) is 5.32. The summed E-state index contributed by atoms with van der Waals surface area (Å²) in [4.78, 5) is 42.6. The van der Waals surface area contributed by atoms with E-state index in [9.17, 15) is 29.4 Å². The van der Waals surface area contributed by atoms with Crippen LogP contribution in [0.5, 0.6) is 0 Å². The number of rotatable bonds is 7. The van der Waals surface area contributed by atoms with Crippen LogP contribution in [0.4, 0.5) is 5.82 Å². The molecule has 170 valence electrons. The van der Waals surface area contributed by atoms with E-state index in [0.29, 0.717) is 5.82 Å². The van der Waals surface area contributed by atoms with Gasteiger partial charge in [-0.3, -0.25) is 9.13 Å². The highest BCUT2D eigenvalue weighted by Gasteiger charge is 2.44. The molecule has 3 heterocycles. The van der Waals surface area contributed by atoms with Crippen LogP contribution in [0.1, 0.15) is 19.0 Å². The number of esters is 1. The van der Waals surface area contributed by atoms with Gasteiger partial charge in [0.25, 0.3) is 5.85 Å². The Morgan fingerprint density at radius 3 is 2.74 bits per heavy atom. The number of anilines is 1. The van der Waals surface area contributed by atoms with Crippen molar-refractivity contribution in [2.45, 2.75) is 44.2 Å². The molecule has 0 aliphatic carbocycles. The molecule has 1 saturated heterocycles. The first-order chi connectivity index (χ1) is 14.5. The number of aryl methyl sites for hydroxylation is 1. The highest BCUT2D eigenvalue weighted by molar-refractivity contribution is 7.53. The van der Waals surface area contributed by atoms with E-state index in [0.717, 1.165) is 12.3 Å². The average molecular weight is 459 g/mol. The molecule has 1 aliphatic rings. The summed E-state index contributed by atoms with van der Waals surface area (Å²) in [5.41, 5.74) is 6.40. The lowest BCUT2D eigenvalue weighted by Gasteiger charge is -2.17. The van der Waals surface area contributed by atoms with E-state index in [-0.39, 0.29) is 23.6 Å². The zero-order valence-corrected chi connectivity index (χ0v) is 17.4. The number of hydrogen-bond donors (Lipinski definition) is 5. The maximum absolute atomic E-state index is 11.7. The Kier molecular flexibility index (Phi) is 6.59. The molecule has 0 amide bonds. The highest BCUT2D eigenvalue weighted by atomic mass is 31.2. The Hall–Kier alpha value is -2.61. The van der Waals surface area contributed by atoms with Gasteiger partial charge in [-0.15, -0.1) is 0 Å². The van der Waals surface area contributed by atoms with Gasteiger partial charge in [-0.2, -0.15) is 0 Å². The minimum atomic E-state index is -4.98. The lowest BCUT2D eigenvalue weighted by molar-refractivity contribution is -0.149. The number of fused-ring (bicyclic) bond motifs is 1. The molecule has 15 heteroatoms. The van der Waals surface area contributed by atoms with Gasteiger partial charge in [0.1, 0.15) is 29.7 Å². The number of aliphatic hydroxyl groups is 2. The molecule has 0 bridgehead atoms. The van der Waals surface area contributed by atoms with E-state index < -0.39 is 43.9 Å². The van der Waals surface area contributed by atoms with E-state index in [1.807, 2.05) is 0 Å². The first-order valence-electron chi connectivity index (χ1n) is 9.06. The van der Waals surface area contributed by atoms with Gasteiger partial charge in [-0.05, 0) is 19.9 Å². The molecule has 0 unspecified atom stereocenters. The molecule has 3 rings (SSSR count). The number of nitrogen functional groups attached to an aromatic ring is 1. The fourth-order valence-electron chi connectivity index (χ4n) is 3.00. The summed E-state index contributed by atoms with van der Waals surface area (Å²) in [5.74, 6) is -2.92. The molecule has 0 aromatic carbocycles. The molecule has 6 N–H and O–H groups in total. The average Bonchev–Trinajstić information content (AvgIpc) is 3.20. The largest absolute Gasteiger partial charge is 0.474 e. The minimum Gasteiger partial charge on any atom is -0.474 e. The third kappa shape index (κ3) is 4.69. The van der Waals surface area contributed by atoms with Gasteiger partial charge in [-0.1, -0.05) is 0 Å². The Morgan fingerprint density at radius 2 is 2.10 bits per heavy atom. The summed E-state index contributed by atoms with van der Waals surface area (Å²) in [6.07, 6.45) is -1.87. The van der Waals surface area contributed by atoms with Crippen molar-refractivity contribution in [3.8, 4) is 0 Å². The van der Waals surface area contributed by atoms with Crippen molar-refractivity contribution in [3.63, 3.8) is 0 Å². The topological polar surface area (TPSA) is 212 Å². The fourth-order valence-corrected chi connectivity index (χ4v) is 3.57. The minimum absolute atomic E-state index is 0.104. The number of nitrogens with zero attached hydrogens (tertiary/aromatic N) is 4. The molecule has 0 radical (unpaired) electrons. The summed E-state index contributed by atoms with van der Waals surface area (Å²) in [7, 11) is -4.98. The van der Waals surface area contributed by atoms with Crippen molar-refractivity contribution in [2.75, 3.05) is 12.3 Å². The van der Waals surface area contributed by atoms with Gasteiger partial charge in [0.2, 0.25) is 0 Å². The first-order valence-corrected chi connectivity index (χ1v) is 10.7. The number of nitrogens with two attached hydrogens (primary N) is 1. The molecular formula is C16H22N5O9P. The van der Waals surface area contributed by atoms with E-state index in [1.165, 1.54) is 17.8 Å². The second kappa shape index (κ2) is 8.86. The molecule has 1 aliphatic heterocycles. The van der Waals surface area contributed by atoms with Crippen LogP contribution < -0.4 is 5.73 Å². The summed E-state index contributed by atoms with van der Waals surface area (Å²) < 4.78 is 27.9. The predicted molar refractivity (Wildman–Crippen MR) is 103 cm³/mol. The second-order valence-electron chi connectivity index (χ2n) is 6.61. The predicted octanol–water partition coefficient (Wildman–Crippen LogP) is -1.07. The molecule has 5 atom stereocenters. The van der Waals surface area contributed by atoms with Crippen molar-refractivity contribution in [1.82, 2.24) is 19.5 Å². The Bertz CT molecular complexity index is 1040. The van der Waals surface area contributed by atoms with Crippen molar-refractivity contribution in [1.29, 1.82) is 0 Å². The molecule has 31 heavy (non-hydrogen) atoms. The first kappa shape index (κ1) is 23.1. The van der Waals surface area contributed by atoms with Crippen LogP contribution in [-0.4, -0.2) is 76.3 Å². The number of imidazole rings is 1. The number of aliphatic hydroxyl groups excluding tert-OH is 2. The summed E-state index contributed by atoms with van der Waals surface area (Å²) >= 11 is 0. The summed E-state index contributed by atoms with van der Waals surface area (Å²) in [6.45, 7) is 2.99. The van der Waals surface area contributed by atoms with Gasteiger partial charge in [0.15, 0.2) is 17.7 Å². The van der Waals surface area contributed by atoms with Crippen LogP contribution in [0.2, 0.25) is 0 Å². The Labute approximate surface area is 175 Å². The lowest BCUT2D eigenvalue weighted by Crippen LogP contribution is -2.31. The fraction of sp³-hybridized carbons (Fsp3) is 0.500. The van der Waals surface area contributed by atoms with E-state index in [4.69, 9.17) is 15.2 Å². The molecule has 14 nitrogen and oxygen atoms in total. The van der Waals surface area contributed by atoms with Gasteiger partial charge in [0, 0.05) is 0 Å². The number of carbonyl (C=O) groups is 1. The van der Waals surface area contributed by atoms with Gasteiger partial charge in [0.05, 0.1) is 19.2 Å². The molecular weight excluding hydrogens is 437 g/mol. The zero-order chi connectivity index (χ0) is 22.9. The Morgan fingerprint density at radius 1 is 1.39 bits per heavy atom. The van der Waals surface area contributed by atoms with Crippen LogP contribution in [0, 0.1) is 6.92 Å². The van der Waals surface area contributed by atoms with Gasteiger partial charge in [-0.25, -0.2) is 19.7 Å². The summed E-state index contributed by atoms with van der Waals surface area (Å²) in [6, 6.07) is 0. The Balaban J connectivity index is 1.78. The number of aromatic nitrogens is 4. The van der Waals surface area contributed by atoms with Crippen molar-refractivity contribution < 1.29 is 43.6 Å². The van der Waals surface area contributed by atoms with Crippen molar-refractivity contribution in [2.24, 2.45) is 0 Å². The van der Waals surface area contributed by atoms with Crippen LogP contribution in [0.3, 0.4) is 0 Å². The molecule has 1 fully saturated rings. The molecule has 2 aromatic rings. The van der Waals surface area contributed by atoms with Crippen LogP contribution in [0.25, 0.3) is 11.2 Å². The van der Waals surface area contributed by atoms with Crippen LogP contribution in [0.15, 0.2) is 18.7 Å². The van der Waals surface area contributed by atoms with Crippen molar-refractivity contribution >= 4 is 30.5 Å². The highest BCUT2D eigenvalue weighted by Crippen LogP contribution is 2.42. The van der Waals surface area contributed by atoms with Crippen LogP contribution >= 0.6 is 7.60 Å². The third-order valence-electron chi connectivity index (χ3n) is 4.38. The standard InChI is InChI=1S/C16H22N5O9P/c1-3-28-15(24)16(31(25,26)27)29-5-4-8-10(22)11(23)14(30-8)21-6-18-9-12(17)19-7(2)20-13(9)21/h4-6,8,10-11,14,16,22-23H,3H2,1-2H3,(H2,17,19,20)(H2,25,26,27)/b5-4+/t8-,10-,11-,14-,16+/m0/s1. The van der Waals surface area contributed by atoms with E-state index in [2.05, 4.69) is 19.7 Å². The van der Waals surface area contributed by atoms with Gasteiger partial charge < -0.3 is 39.9 Å². The summed E-state index contributed by atoms with van der Waals surface area (Å²) in [5, 5.41) is 20.7. The SMILES string of the molecule is CCOC(=O)[C@H](O/C=C/[C@@H]1O[C@H](n2cnc3c(N)nc(C)nc32)[C@@H](O)[C@H]1O)P(=O)(O)O. The van der Waals surface area contributed by atoms with E-state index in [1.54, 1.807) is 6.92 Å². The van der Waals surface area contributed by atoms with Gasteiger partial charge >= 0.3 is 13.6 Å². The number of carbonyl (C=O) groups excluding carboxylic acids is 1. The molecule has 2 aromatic heterocycles. The quantitative estimate of drug-likeness (QED) is 0.190. The maximum Gasteiger partial charge on any atom is 0.377 e. The zero-order valence-electron chi connectivity index (χ0n) is 16.5. The number of hydrogen-bond acceptors (Lipinski definition) is 11. The second-order valence-corrected chi connectivity index (χ2v) is 8.26. The smallest absolute Gasteiger partial charge is 0.377 e. The maximum atomic E-state index is 11.7. The molecule has 0 saturated carbocycles. The van der Waals surface area contributed by atoms with Crippen LogP contribution in [-0.2, 0) is 23.6 Å². The lowest BCUT2D eigenvalue weighted by atomic mass is 10.1. The van der Waals surface area contributed by atoms with E-state index >= 15 is 0 Å². The number of ether oxygens (including phenoxy) is 3. The van der Waals surface area contributed by atoms with Crippen molar-refractivity contribution in [3.05, 3.63) is 24.5 Å². The monoisotopic (exact) mass is 459 g/mol.